The number of halogens is 1. The molecule has 2 heterocycles. The van der Waals surface area contributed by atoms with Gasteiger partial charge < -0.3 is 11.1 Å². The topological polar surface area (TPSA) is 102 Å². The first kappa shape index (κ1) is 19.6. The van der Waals surface area contributed by atoms with E-state index in [0.29, 0.717) is 24.9 Å². The van der Waals surface area contributed by atoms with Crippen LogP contribution in [0.25, 0.3) is 10.9 Å². The molecular weight excluding hydrogens is 366 g/mol. The number of anilines is 1. The highest BCUT2D eigenvalue weighted by atomic mass is 35.5. The van der Waals surface area contributed by atoms with Crippen LogP contribution in [0.4, 0.5) is 5.69 Å². The number of piperidine rings is 1. The van der Waals surface area contributed by atoms with Gasteiger partial charge in [-0.2, -0.15) is 5.10 Å². The average Bonchev–Trinajstić information content (AvgIpc) is 2.93. The number of nitrogens with two attached hydrogens (primary N) is 1. The Balaban J connectivity index is 0.00000210. The molecule has 1 saturated carbocycles. The summed E-state index contributed by atoms with van der Waals surface area (Å²) in [6, 6.07) is 6.96. The smallest absolute Gasteiger partial charge is 0.235 e. The molecule has 1 unspecified atom stereocenters. The summed E-state index contributed by atoms with van der Waals surface area (Å²) in [5.74, 6) is -0.817. The lowest BCUT2D eigenvalue weighted by atomic mass is 9.91. The Bertz CT molecular complexity index is 857. The van der Waals surface area contributed by atoms with Crippen LogP contribution in [0.1, 0.15) is 50.1 Å². The fourth-order valence-corrected chi connectivity index (χ4v) is 4.09. The van der Waals surface area contributed by atoms with Crippen molar-refractivity contribution in [2.75, 3.05) is 5.32 Å². The summed E-state index contributed by atoms with van der Waals surface area (Å²) in [5.41, 5.74) is 8.79. The van der Waals surface area contributed by atoms with Crippen molar-refractivity contribution in [3.63, 3.8) is 0 Å². The second-order valence-corrected chi connectivity index (χ2v) is 7.50. The maximum absolute atomic E-state index is 12.2. The summed E-state index contributed by atoms with van der Waals surface area (Å²) in [5, 5.41) is 11.6. The fraction of sp³-hybridized carbons (Fsp3) is 0.526. The van der Waals surface area contributed by atoms with Crippen LogP contribution in [0.3, 0.4) is 0 Å². The molecule has 27 heavy (non-hydrogen) atoms. The zero-order valence-corrected chi connectivity index (χ0v) is 16.2. The Labute approximate surface area is 164 Å². The van der Waals surface area contributed by atoms with Gasteiger partial charge in [-0.1, -0.05) is 0 Å². The van der Waals surface area contributed by atoms with Crippen LogP contribution >= 0.6 is 12.4 Å². The van der Waals surface area contributed by atoms with Crippen LogP contribution in [0.2, 0.25) is 0 Å². The number of fused-ring (bicyclic) bond motifs is 1. The van der Waals surface area contributed by atoms with Crippen molar-refractivity contribution in [3.05, 3.63) is 23.9 Å². The second-order valence-electron chi connectivity index (χ2n) is 7.50. The minimum atomic E-state index is -0.366. The van der Waals surface area contributed by atoms with Crippen molar-refractivity contribution in [2.24, 2.45) is 12.8 Å². The lowest BCUT2D eigenvalue weighted by molar-refractivity contribution is -0.134. The van der Waals surface area contributed by atoms with Crippen molar-refractivity contribution in [2.45, 2.75) is 56.5 Å². The predicted octanol–water partition coefficient (Wildman–Crippen LogP) is 2.20. The third-order valence-corrected chi connectivity index (χ3v) is 5.59. The Hall–Kier alpha value is -2.12. The van der Waals surface area contributed by atoms with Gasteiger partial charge in [0.2, 0.25) is 11.8 Å². The number of nitrogens with one attached hydrogen (secondary N) is 2. The number of rotatable bonds is 3. The lowest BCUT2D eigenvalue weighted by Gasteiger charge is -2.27. The van der Waals surface area contributed by atoms with Crippen LogP contribution in [-0.2, 0) is 16.6 Å². The molecule has 1 aromatic heterocycles. The first-order valence-electron chi connectivity index (χ1n) is 9.33. The number of carbonyl (C=O) groups excluding carboxylic acids is 2. The maximum atomic E-state index is 12.2. The molecule has 8 heteroatoms. The van der Waals surface area contributed by atoms with Crippen molar-refractivity contribution < 1.29 is 9.59 Å². The molecule has 0 bridgehead atoms. The SMILES string of the molecule is Cl.Cn1nc(C2CCC(=O)NC2=O)c2ccc(NC3CCC(N)CC3)cc21. The highest BCUT2D eigenvalue weighted by Crippen LogP contribution is 2.32. The number of carbonyl (C=O) groups is 2. The van der Waals surface area contributed by atoms with E-state index in [1.54, 1.807) is 0 Å². The van der Waals surface area contributed by atoms with Gasteiger partial charge in [0.05, 0.1) is 17.1 Å². The number of nitrogens with zero attached hydrogens (tertiary/aromatic N) is 2. The van der Waals surface area contributed by atoms with Gasteiger partial charge in [-0.25, -0.2) is 0 Å². The highest BCUT2D eigenvalue weighted by molar-refractivity contribution is 6.02. The van der Waals surface area contributed by atoms with Crippen LogP contribution in [0, 0.1) is 0 Å². The van der Waals surface area contributed by atoms with E-state index in [9.17, 15) is 9.59 Å². The van der Waals surface area contributed by atoms with Crippen LogP contribution in [0.15, 0.2) is 18.2 Å². The molecule has 0 spiro atoms. The van der Waals surface area contributed by atoms with E-state index in [1.807, 2.05) is 23.9 Å². The zero-order chi connectivity index (χ0) is 18.3. The van der Waals surface area contributed by atoms with E-state index in [1.165, 1.54) is 0 Å². The number of hydrogen-bond acceptors (Lipinski definition) is 5. The largest absolute Gasteiger partial charge is 0.382 e. The van der Waals surface area contributed by atoms with Crippen molar-refractivity contribution in [3.8, 4) is 0 Å². The lowest BCUT2D eigenvalue weighted by Crippen LogP contribution is -2.39. The van der Waals surface area contributed by atoms with E-state index in [0.717, 1.165) is 48.0 Å². The molecule has 2 aromatic rings. The van der Waals surface area contributed by atoms with E-state index in [-0.39, 0.29) is 30.1 Å². The standard InChI is InChI=1S/C19H25N5O2.ClH/c1-24-16-10-13(21-12-4-2-11(20)3-5-12)6-7-14(16)18(23-24)15-8-9-17(25)22-19(15)26;/h6-7,10-12,15,21H,2-5,8-9,20H2,1H3,(H,22,25,26);1H. The number of hydrogen-bond donors (Lipinski definition) is 3. The molecule has 1 aliphatic carbocycles. The van der Waals surface area contributed by atoms with Gasteiger partial charge in [0.1, 0.15) is 0 Å². The van der Waals surface area contributed by atoms with Crippen molar-refractivity contribution >= 4 is 40.8 Å². The summed E-state index contributed by atoms with van der Waals surface area (Å²) in [6.45, 7) is 0. The molecule has 0 radical (unpaired) electrons. The Kier molecular flexibility index (Phi) is 5.72. The normalized spacial score (nSPS) is 25.8. The summed E-state index contributed by atoms with van der Waals surface area (Å²) >= 11 is 0. The van der Waals surface area contributed by atoms with Crippen LogP contribution < -0.4 is 16.4 Å². The molecule has 1 aromatic carbocycles. The van der Waals surface area contributed by atoms with Gasteiger partial charge in [0.15, 0.2) is 0 Å². The highest BCUT2D eigenvalue weighted by Gasteiger charge is 2.31. The number of imide groups is 1. The van der Waals surface area contributed by atoms with E-state index >= 15 is 0 Å². The maximum Gasteiger partial charge on any atom is 0.235 e. The van der Waals surface area contributed by atoms with Crippen LogP contribution in [0.5, 0.6) is 0 Å². The Morgan fingerprint density at radius 1 is 1.19 bits per heavy atom. The van der Waals surface area contributed by atoms with Gasteiger partial charge >= 0.3 is 0 Å². The molecule has 4 N–H and O–H groups in total. The molecule has 2 aliphatic rings. The van der Waals surface area contributed by atoms with Gasteiger partial charge in [0.25, 0.3) is 0 Å². The average molecular weight is 392 g/mol. The summed E-state index contributed by atoms with van der Waals surface area (Å²) in [6.07, 6.45) is 5.17. The number of aromatic nitrogens is 2. The summed E-state index contributed by atoms with van der Waals surface area (Å²) < 4.78 is 1.82. The number of aryl methyl sites for hydroxylation is 1. The summed E-state index contributed by atoms with van der Waals surface area (Å²) in [7, 11) is 1.89. The number of amides is 2. The molecule has 2 amide bonds. The van der Waals surface area contributed by atoms with Gasteiger partial charge in [-0.3, -0.25) is 19.6 Å². The van der Waals surface area contributed by atoms with Gasteiger partial charge in [-0.05, 0) is 50.3 Å². The van der Waals surface area contributed by atoms with Gasteiger partial charge in [-0.15, -0.1) is 12.4 Å². The molecule has 146 valence electrons. The fourth-order valence-electron chi connectivity index (χ4n) is 4.09. The van der Waals surface area contributed by atoms with Crippen molar-refractivity contribution in [1.29, 1.82) is 0 Å². The van der Waals surface area contributed by atoms with Gasteiger partial charge in [0, 0.05) is 36.6 Å². The Morgan fingerprint density at radius 2 is 1.93 bits per heavy atom. The number of benzene rings is 1. The molecule has 1 atom stereocenters. The van der Waals surface area contributed by atoms with E-state index < -0.39 is 0 Å². The minimum absolute atomic E-state index is 0. The monoisotopic (exact) mass is 391 g/mol. The first-order valence-corrected chi connectivity index (χ1v) is 9.33. The molecule has 1 saturated heterocycles. The van der Waals surface area contributed by atoms with E-state index in [2.05, 4.69) is 21.8 Å². The third-order valence-electron chi connectivity index (χ3n) is 5.59. The van der Waals surface area contributed by atoms with Crippen molar-refractivity contribution in [1.82, 2.24) is 15.1 Å². The second kappa shape index (κ2) is 7.86. The molecular formula is C19H26ClN5O2. The Morgan fingerprint density at radius 3 is 2.63 bits per heavy atom. The minimum Gasteiger partial charge on any atom is -0.382 e. The van der Waals surface area contributed by atoms with Crippen LogP contribution in [-0.4, -0.2) is 33.7 Å². The van der Waals surface area contributed by atoms with E-state index in [4.69, 9.17) is 5.73 Å². The molecule has 1 aliphatic heterocycles. The molecule has 2 fully saturated rings. The predicted molar refractivity (Wildman–Crippen MR) is 107 cm³/mol. The molecule has 4 rings (SSSR count). The molecule has 7 nitrogen and oxygen atoms in total. The zero-order valence-electron chi connectivity index (χ0n) is 15.4. The first-order chi connectivity index (χ1) is 12.5. The quantitative estimate of drug-likeness (QED) is 0.696. The third kappa shape index (κ3) is 3.94. The summed E-state index contributed by atoms with van der Waals surface area (Å²) in [4.78, 5) is 23.6.